The second-order valence-electron chi connectivity index (χ2n) is 2.77. The first-order valence-electron chi connectivity index (χ1n) is 3.85. The highest BCUT2D eigenvalue weighted by Crippen LogP contribution is 2.28. The first-order chi connectivity index (χ1) is 6.07. The summed E-state index contributed by atoms with van der Waals surface area (Å²) in [4.78, 5) is 0. The molecule has 0 radical (unpaired) electrons. The van der Waals surface area contributed by atoms with Gasteiger partial charge in [-0.1, -0.05) is 6.07 Å². The lowest BCUT2D eigenvalue weighted by Crippen LogP contribution is -2.08. The number of hydrogen-bond donors (Lipinski definition) is 1. The van der Waals surface area contributed by atoms with Crippen LogP contribution in [0.2, 0.25) is 0 Å². The van der Waals surface area contributed by atoms with E-state index in [1.54, 1.807) is 6.92 Å². The van der Waals surface area contributed by atoms with Crippen LogP contribution in [-0.4, -0.2) is 7.11 Å². The fourth-order valence-electron chi connectivity index (χ4n) is 1.11. The largest absolute Gasteiger partial charge is 0.493 e. The van der Waals surface area contributed by atoms with Crippen LogP contribution < -0.4 is 10.5 Å². The molecule has 0 aliphatic carbocycles. The smallest absolute Gasteiger partial charge is 0.200 e. The maximum Gasteiger partial charge on any atom is 0.200 e. The van der Waals surface area contributed by atoms with E-state index in [2.05, 4.69) is 0 Å². The minimum atomic E-state index is -0.989. The summed E-state index contributed by atoms with van der Waals surface area (Å²) in [6.07, 6.45) is 0. The molecule has 0 saturated heterocycles. The molecule has 1 aromatic rings. The van der Waals surface area contributed by atoms with Gasteiger partial charge in [0.2, 0.25) is 5.82 Å². The maximum atomic E-state index is 13.1. The predicted molar refractivity (Wildman–Crippen MR) is 45.5 cm³/mol. The van der Waals surface area contributed by atoms with Crippen LogP contribution >= 0.6 is 0 Å². The molecular formula is C9H11F2NO. The summed E-state index contributed by atoms with van der Waals surface area (Å²) >= 11 is 0. The van der Waals surface area contributed by atoms with Gasteiger partial charge in [-0.25, -0.2) is 4.39 Å². The lowest BCUT2D eigenvalue weighted by atomic mass is 10.1. The van der Waals surface area contributed by atoms with Crippen molar-refractivity contribution < 1.29 is 13.5 Å². The molecular weight excluding hydrogens is 176 g/mol. The van der Waals surface area contributed by atoms with E-state index < -0.39 is 11.6 Å². The molecule has 0 aliphatic rings. The van der Waals surface area contributed by atoms with E-state index in [1.807, 2.05) is 0 Å². The summed E-state index contributed by atoms with van der Waals surface area (Å²) in [5.41, 5.74) is 6.00. The lowest BCUT2D eigenvalue weighted by Gasteiger charge is -2.12. The SMILES string of the molecule is COc1c([C@H](C)N)ccc(F)c1F. The molecule has 2 N–H and O–H groups in total. The van der Waals surface area contributed by atoms with Gasteiger partial charge in [0, 0.05) is 11.6 Å². The van der Waals surface area contributed by atoms with Gasteiger partial charge in [-0.3, -0.25) is 0 Å². The van der Waals surface area contributed by atoms with Gasteiger partial charge >= 0.3 is 0 Å². The molecule has 0 aromatic heterocycles. The molecule has 72 valence electrons. The van der Waals surface area contributed by atoms with Crippen LogP contribution in [-0.2, 0) is 0 Å². The van der Waals surface area contributed by atoms with Crippen molar-refractivity contribution in [2.24, 2.45) is 5.73 Å². The molecule has 0 aliphatic heterocycles. The second kappa shape index (κ2) is 3.70. The van der Waals surface area contributed by atoms with Gasteiger partial charge in [0.05, 0.1) is 7.11 Å². The third-order valence-electron chi connectivity index (χ3n) is 1.78. The van der Waals surface area contributed by atoms with E-state index in [0.717, 1.165) is 6.07 Å². The normalized spacial score (nSPS) is 12.7. The fraction of sp³-hybridized carbons (Fsp3) is 0.333. The van der Waals surface area contributed by atoms with Crippen LogP contribution in [0.1, 0.15) is 18.5 Å². The lowest BCUT2D eigenvalue weighted by molar-refractivity contribution is 0.364. The number of ether oxygens (including phenoxy) is 1. The van der Waals surface area contributed by atoms with E-state index in [4.69, 9.17) is 10.5 Å². The minimum absolute atomic E-state index is 0.116. The molecule has 0 heterocycles. The zero-order valence-corrected chi connectivity index (χ0v) is 7.47. The molecule has 0 unspecified atom stereocenters. The number of nitrogens with two attached hydrogens (primary N) is 1. The molecule has 13 heavy (non-hydrogen) atoms. The Labute approximate surface area is 75.3 Å². The van der Waals surface area contributed by atoms with Crippen LogP contribution in [0, 0.1) is 11.6 Å². The summed E-state index contributed by atoms with van der Waals surface area (Å²) < 4.78 is 30.5. The zero-order valence-electron chi connectivity index (χ0n) is 7.47. The Balaban J connectivity index is 3.30. The minimum Gasteiger partial charge on any atom is -0.493 e. The van der Waals surface area contributed by atoms with Crippen molar-refractivity contribution >= 4 is 0 Å². The Bertz CT molecular complexity index is 313. The van der Waals surface area contributed by atoms with E-state index in [0.29, 0.717) is 5.56 Å². The topological polar surface area (TPSA) is 35.2 Å². The highest BCUT2D eigenvalue weighted by molar-refractivity contribution is 5.37. The first-order valence-corrected chi connectivity index (χ1v) is 3.85. The summed E-state index contributed by atoms with van der Waals surface area (Å²) in [6.45, 7) is 1.68. The van der Waals surface area contributed by atoms with Gasteiger partial charge in [-0.05, 0) is 13.0 Å². The van der Waals surface area contributed by atoms with Crippen LogP contribution in [0.15, 0.2) is 12.1 Å². The maximum absolute atomic E-state index is 13.1. The highest BCUT2D eigenvalue weighted by atomic mass is 19.2. The van der Waals surface area contributed by atoms with Crippen molar-refractivity contribution in [3.05, 3.63) is 29.3 Å². The Morgan fingerprint density at radius 2 is 2.00 bits per heavy atom. The van der Waals surface area contributed by atoms with Gasteiger partial charge in [0.25, 0.3) is 0 Å². The van der Waals surface area contributed by atoms with E-state index in [-0.39, 0.29) is 11.8 Å². The highest BCUT2D eigenvalue weighted by Gasteiger charge is 2.15. The van der Waals surface area contributed by atoms with E-state index in [1.165, 1.54) is 13.2 Å². The standard InChI is InChI=1S/C9H11F2NO/c1-5(12)6-3-4-7(10)8(11)9(6)13-2/h3-5H,12H2,1-2H3/t5-/m0/s1. The molecule has 0 fully saturated rings. The summed E-state index contributed by atoms with van der Waals surface area (Å²) in [5.74, 6) is -2.03. The van der Waals surface area contributed by atoms with E-state index in [9.17, 15) is 8.78 Å². The molecule has 0 saturated carbocycles. The third kappa shape index (κ3) is 1.78. The Hall–Kier alpha value is -1.16. The molecule has 1 aromatic carbocycles. The molecule has 0 spiro atoms. The first kappa shape index (κ1) is 9.92. The van der Waals surface area contributed by atoms with E-state index >= 15 is 0 Å². The Kier molecular flexibility index (Phi) is 2.83. The molecule has 0 bridgehead atoms. The molecule has 0 amide bonds. The van der Waals surface area contributed by atoms with Crippen LogP contribution in [0.4, 0.5) is 8.78 Å². The van der Waals surface area contributed by atoms with Crippen molar-refractivity contribution in [1.82, 2.24) is 0 Å². The van der Waals surface area contributed by atoms with Crippen molar-refractivity contribution in [3.63, 3.8) is 0 Å². The van der Waals surface area contributed by atoms with Crippen molar-refractivity contribution in [3.8, 4) is 5.75 Å². The van der Waals surface area contributed by atoms with Gasteiger partial charge in [-0.15, -0.1) is 0 Å². The van der Waals surface area contributed by atoms with Crippen LogP contribution in [0.3, 0.4) is 0 Å². The summed E-state index contributed by atoms with van der Waals surface area (Å²) in [6, 6.07) is 2.07. The zero-order chi connectivity index (χ0) is 10.0. The van der Waals surface area contributed by atoms with Crippen molar-refractivity contribution in [1.29, 1.82) is 0 Å². The number of halogens is 2. The van der Waals surface area contributed by atoms with Crippen LogP contribution in [0.5, 0.6) is 5.75 Å². The number of methoxy groups -OCH3 is 1. The van der Waals surface area contributed by atoms with Gasteiger partial charge < -0.3 is 10.5 Å². The predicted octanol–water partition coefficient (Wildman–Crippen LogP) is 1.99. The van der Waals surface area contributed by atoms with Crippen molar-refractivity contribution in [2.45, 2.75) is 13.0 Å². The van der Waals surface area contributed by atoms with Crippen molar-refractivity contribution in [2.75, 3.05) is 7.11 Å². The molecule has 1 atom stereocenters. The number of hydrogen-bond acceptors (Lipinski definition) is 2. The summed E-state index contributed by atoms with van der Waals surface area (Å²) in [7, 11) is 1.28. The molecule has 4 heteroatoms. The summed E-state index contributed by atoms with van der Waals surface area (Å²) in [5, 5.41) is 0. The Morgan fingerprint density at radius 1 is 1.38 bits per heavy atom. The fourth-order valence-corrected chi connectivity index (χ4v) is 1.11. The Morgan fingerprint density at radius 3 is 2.46 bits per heavy atom. The third-order valence-corrected chi connectivity index (χ3v) is 1.78. The average molecular weight is 187 g/mol. The van der Waals surface area contributed by atoms with Gasteiger partial charge in [0.15, 0.2) is 11.6 Å². The second-order valence-corrected chi connectivity index (χ2v) is 2.77. The quantitative estimate of drug-likeness (QED) is 0.768. The monoisotopic (exact) mass is 187 g/mol. The van der Waals surface area contributed by atoms with Gasteiger partial charge in [-0.2, -0.15) is 4.39 Å². The number of benzene rings is 1. The molecule has 1 rings (SSSR count). The number of rotatable bonds is 2. The van der Waals surface area contributed by atoms with Gasteiger partial charge in [0.1, 0.15) is 0 Å². The van der Waals surface area contributed by atoms with Crippen LogP contribution in [0.25, 0.3) is 0 Å². The average Bonchev–Trinajstić information content (AvgIpc) is 2.09. The molecule has 2 nitrogen and oxygen atoms in total.